The zero-order valence-electron chi connectivity index (χ0n) is 49.7. The van der Waals surface area contributed by atoms with Gasteiger partial charge in [0.15, 0.2) is 6.10 Å². The Morgan fingerprint density at radius 1 is 0.260 bits per heavy atom. The number of carbonyl (C=O) groups excluding carboxylic acids is 3. The second-order valence-corrected chi connectivity index (χ2v) is 22.7. The summed E-state index contributed by atoms with van der Waals surface area (Å²) in [5.41, 5.74) is 0. The van der Waals surface area contributed by atoms with E-state index in [9.17, 15) is 14.4 Å². The molecule has 0 rings (SSSR count). The standard InChI is InChI=1S/C67H128O6/c1-4-7-10-13-16-19-22-25-28-30-31-32-33-34-35-37-39-42-45-48-51-54-57-60-66(69)72-63-64(62-71-65(68)59-56-53-50-47-44-41-38-27-24-21-18-15-12-9-6-3)73-67(70)61-58-55-52-49-46-43-40-36-29-26-23-20-17-14-11-8-5-2/h30-31,64H,4-29,32-63H2,1-3H3/b31-30-. The minimum absolute atomic E-state index is 0.0631. The summed E-state index contributed by atoms with van der Waals surface area (Å²) in [5, 5.41) is 0. The van der Waals surface area contributed by atoms with Gasteiger partial charge in [-0.25, -0.2) is 0 Å². The Balaban J connectivity index is 4.26. The van der Waals surface area contributed by atoms with Crippen LogP contribution in [0.2, 0.25) is 0 Å². The lowest BCUT2D eigenvalue weighted by molar-refractivity contribution is -0.167. The van der Waals surface area contributed by atoms with Crippen molar-refractivity contribution in [3.05, 3.63) is 12.2 Å². The molecule has 0 radical (unpaired) electrons. The molecule has 432 valence electrons. The topological polar surface area (TPSA) is 78.9 Å². The molecule has 6 nitrogen and oxygen atoms in total. The van der Waals surface area contributed by atoms with Crippen LogP contribution in [0.3, 0.4) is 0 Å². The third kappa shape index (κ3) is 60.9. The Bertz CT molecular complexity index is 1130. The molecule has 0 aromatic carbocycles. The maximum absolute atomic E-state index is 12.9. The molecule has 0 aliphatic heterocycles. The molecule has 0 bridgehead atoms. The molecule has 1 unspecified atom stereocenters. The molecule has 73 heavy (non-hydrogen) atoms. The summed E-state index contributed by atoms with van der Waals surface area (Å²) in [6, 6.07) is 0. The zero-order chi connectivity index (χ0) is 52.9. The number of rotatable bonds is 62. The van der Waals surface area contributed by atoms with Crippen molar-refractivity contribution in [1.82, 2.24) is 0 Å². The van der Waals surface area contributed by atoms with Crippen molar-refractivity contribution in [3.63, 3.8) is 0 Å². The van der Waals surface area contributed by atoms with Crippen molar-refractivity contribution >= 4 is 17.9 Å². The average Bonchev–Trinajstić information content (AvgIpc) is 3.39. The van der Waals surface area contributed by atoms with Gasteiger partial charge in [-0.05, 0) is 44.9 Å². The van der Waals surface area contributed by atoms with Gasteiger partial charge in [0.1, 0.15) is 13.2 Å². The van der Waals surface area contributed by atoms with Crippen molar-refractivity contribution in [3.8, 4) is 0 Å². The van der Waals surface area contributed by atoms with E-state index in [1.165, 1.54) is 283 Å². The predicted molar refractivity (Wildman–Crippen MR) is 317 cm³/mol. The number of esters is 3. The normalized spacial score (nSPS) is 12.0. The molecular weight excluding hydrogens is 901 g/mol. The van der Waals surface area contributed by atoms with Crippen molar-refractivity contribution < 1.29 is 28.6 Å². The predicted octanol–water partition coefficient (Wildman–Crippen LogP) is 22.4. The molecule has 0 spiro atoms. The highest BCUT2D eigenvalue weighted by atomic mass is 16.6. The second-order valence-electron chi connectivity index (χ2n) is 22.7. The number of carbonyl (C=O) groups is 3. The van der Waals surface area contributed by atoms with E-state index >= 15 is 0 Å². The fourth-order valence-corrected chi connectivity index (χ4v) is 10.3. The summed E-state index contributed by atoms with van der Waals surface area (Å²) >= 11 is 0. The van der Waals surface area contributed by atoms with E-state index in [0.717, 1.165) is 57.8 Å². The van der Waals surface area contributed by atoms with Crippen molar-refractivity contribution in [2.75, 3.05) is 13.2 Å². The fraction of sp³-hybridized carbons (Fsp3) is 0.925. The molecule has 0 amide bonds. The average molecular weight is 1030 g/mol. The third-order valence-corrected chi connectivity index (χ3v) is 15.3. The first-order valence-corrected chi connectivity index (χ1v) is 33.2. The lowest BCUT2D eigenvalue weighted by atomic mass is 10.0. The van der Waals surface area contributed by atoms with Gasteiger partial charge in [-0.2, -0.15) is 0 Å². The number of hydrogen-bond donors (Lipinski definition) is 0. The van der Waals surface area contributed by atoms with Crippen LogP contribution in [0.4, 0.5) is 0 Å². The number of allylic oxidation sites excluding steroid dienone is 2. The van der Waals surface area contributed by atoms with Gasteiger partial charge in [-0.3, -0.25) is 14.4 Å². The quantitative estimate of drug-likeness (QED) is 0.0261. The van der Waals surface area contributed by atoms with E-state index < -0.39 is 6.10 Å². The van der Waals surface area contributed by atoms with Gasteiger partial charge in [0, 0.05) is 19.3 Å². The van der Waals surface area contributed by atoms with Crippen molar-refractivity contribution in [2.24, 2.45) is 0 Å². The fourth-order valence-electron chi connectivity index (χ4n) is 10.3. The Morgan fingerprint density at radius 2 is 0.452 bits per heavy atom. The van der Waals surface area contributed by atoms with Gasteiger partial charge in [0.2, 0.25) is 0 Å². The maximum atomic E-state index is 12.9. The first-order chi connectivity index (χ1) is 36.0. The van der Waals surface area contributed by atoms with Gasteiger partial charge < -0.3 is 14.2 Å². The lowest BCUT2D eigenvalue weighted by Gasteiger charge is -2.18. The van der Waals surface area contributed by atoms with Gasteiger partial charge in [0.25, 0.3) is 0 Å². The van der Waals surface area contributed by atoms with Crippen LogP contribution in [0.1, 0.15) is 380 Å². The monoisotopic (exact) mass is 1030 g/mol. The zero-order valence-corrected chi connectivity index (χ0v) is 49.7. The Labute approximate surface area is 456 Å². The highest BCUT2D eigenvalue weighted by Crippen LogP contribution is 2.18. The van der Waals surface area contributed by atoms with Gasteiger partial charge >= 0.3 is 17.9 Å². The number of hydrogen-bond acceptors (Lipinski definition) is 6. The van der Waals surface area contributed by atoms with Crippen molar-refractivity contribution in [2.45, 2.75) is 386 Å². The molecule has 0 fully saturated rings. The summed E-state index contributed by atoms with van der Waals surface area (Å²) in [6.45, 7) is 6.72. The first-order valence-electron chi connectivity index (χ1n) is 33.2. The van der Waals surface area contributed by atoms with Crippen LogP contribution in [0.25, 0.3) is 0 Å². The lowest BCUT2D eigenvalue weighted by Crippen LogP contribution is -2.30. The highest BCUT2D eigenvalue weighted by molar-refractivity contribution is 5.71. The van der Waals surface area contributed by atoms with Gasteiger partial charge in [0.05, 0.1) is 0 Å². The molecule has 0 aliphatic carbocycles. The van der Waals surface area contributed by atoms with E-state index in [1.54, 1.807) is 0 Å². The first kappa shape index (κ1) is 71.2. The molecule has 0 aliphatic rings. The van der Waals surface area contributed by atoms with Crippen LogP contribution in [-0.2, 0) is 28.6 Å². The van der Waals surface area contributed by atoms with Crippen molar-refractivity contribution in [1.29, 1.82) is 0 Å². The van der Waals surface area contributed by atoms with E-state index in [2.05, 4.69) is 32.9 Å². The molecule has 0 N–H and O–H groups in total. The third-order valence-electron chi connectivity index (χ3n) is 15.3. The van der Waals surface area contributed by atoms with Crippen LogP contribution in [0, 0.1) is 0 Å². The summed E-state index contributed by atoms with van der Waals surface area (Å²) < 4.78 is 17.0. The van der Waals surface area contributed by atoms with Gasteiger partial charge in [-0.1, -0.05) is 328 Å². The Morgan fingerprint density at radius 3 is 0.685 bits per heavy atom. The largest absolute Gasteiger partial charge is 0.462 e. The van der Waals surface area contributed by atoms with E-state index in [0.29, 0.717) is 19.3 Å². The summed E-state index contributed by atoms with van der Waals surface area (Å²) in [6.07, 6.45) is 73.6. The highest BCUT2D eigenvalue weighted by Gasteiger charge is 2.19. The molecule has 1 atom stereocenters. The molecule has 6 heteroatoms. The summed E-state index contributed by atoms with van der Waals surface area (Å²) in [5.74, 6) is -0.831. The van der Waals surface area contributed by atoms with E-state index in [-0.39, 0.29) is 31.1 Å². The molecule has 0 saturated heterocycles. The minimum atomic E-state index is -0.765. The number of ether oxygens (including phenoxy) is 3. The van der Waals surface area contributed by atoms with E-state index in [1.807, 2.05) is 0 Å². The SMILES string of the molecule is CCCCCCCCCC/C=C\CCCCCCCCCCCCCC(=O)OCC(COC(=O)CCCCCCCCCCCCCCCCC)OC(=O)CCCCCCCCCCCCCCCCCCC. The minimum Gasteiger partial charge on any atom is -0.462 e. The maximum Gasteiger partial charge on any atom is 0.306 e. The van der Waals surface area contributed by atoms with Crippen LogP contribution in [-0.4, -0.2) is 37.2 Å². The van der Waals surface area contributed by atoms with Gasteiger partial charge in [-0.15, -0.1) is 0 Å². The Hall–Kier alpha value is -1.85. The number of unbranched alkanes of at least 4 members (excludes halogenated alkanes) is 49. The summed E-state index contributed by atoms with van der Waals surface area (Å²) in [4.78, 5) is 38.3. The van der Waals surface area contributed by atoms with E-state index in [4.69, 9.17) is 14.2 Å². The molecule has 0 heterocycles. The van der Waals surface area contributed by atoms with Crippen LogP contribution < -0.4 is 0 Å². The Kier molecular flexibility index (Phi) is 61.1. The molecule has 0 saturated carbocycles. The second kappa shape index (κ2) is 62.7. The molecular formula is C67H128O6. The van der Waals surface area contributed by atoms with Crippen LogP contribution >= 0.6 is 0 Å². The molecule has 0 aromatic heterocycles. The summed E-state index contributed by atoms with van der Waals surface area (Å²) in [7, 11) is 0. The van der Waals surface area contributed by atoms with Crippen LogP contribution in [0.5, 0.6) is 0 Å². The smallest absolute Gasteiger partial charge is 0.306 e. The molecule has 0 aromatic rings. The van der Waals surface area contributed by atoms with Crippen LogP contribution in [0.15, 0.2) is 12.2 Å².